The van der Waals surface area contributed by atoms with Crippen LogP contribution in [0.4, 0.5) is 0 Å². The number of hydrogen-bond acceptors (Lipinski definition) is 3. The molecule has 0 saturated carbocycles. The van der Waals surface area contributed by atoms with Crippen molar-refractivity contribution in [2.75, 3.05) is 13.2 Å². The van der Waals surface area contributed by atoms with Crippen molar-refractivity contribution in [3.05, 3.63) is 54.1 Å². The zero-order valence-corrected chi connectivity index (χ0v) is 16.7. The lowest BCUT2D eigenvalue weighted by Gasteiger charge is -2.29. The molecule has 144 valence electrons. The van der Waals surface area contributed by atoms with Crippen molar-refractivity contribution in [1.29, 1.82) is 0 Å². The highest BCUT2D eigenvalue weighted by atomic mass is 32.1. The monoisotopic (exact) mass is 384 g/mol. The zero-order chi connectivity index (χ0) is 18.6. The maximum absolute atomic E-state index is 5.88. The van der Waals surface area contributed by atoms with Gasteiger partial charge >= 0.3 is 0 Å². The lowest BCUT2D eigenvalue weighted by atomic mass is 10.0. The van der Waals surface area contributed by atoms with Crippen molar-refractivity contribution in [2.45, 2.75) is 57.3 Å². The van der Waals surface area contributed by atoms with Crippen molar-refractivity contribution >= 4 is 17.3 Å². The number of hydrogen-bond donors (Lipinski definition) is 1. The van der Waals surface area contributed by atoms with Gasteiger partial charge in [0.1, 0.15) is 0 Å². The molecule has 0 spiro atoms. The maximum Gasteiger partial charge on any atom is 0.170 e. The van der Waals surface area contributed by atoms with Crippen LogP contribution >= 0.6 is 12.2 Å². The first-order valence-electron chi connectivity index (χ1n) is 10.0. The molecule has 6 heteroatoms. The molecule has 2 saturated heterocycles. The second-order valence-electron chi connectivity index (χ2n) is 7.39. The molecule has 0 aliphatic carbocycles. The number of thiocarbonyl (C=S) groups is 1. The quantitative estimate of drug-likeness (QED) is 0.735. The fraction of sp³-hybridized carbons (Fsp3) is 0.524. The molecular formula is C21H28N4OS. The summed E-state index contributed by atoms with van der Waals surface area (Å²) in [5, 5.41) is 4.37. The SMILES string of the molecule is CCCCN1C(=S)N[C@H](c2ccccn2)[C@@H]1c1cccn1C[C@H]1CCCO1. The number of unbranched alkanes of at least 4 members (excludes halogenated alkanes) is 1. The number of nitrogens with one attached hydrogen (secondary N) is 1. The minimum Gasteiger partial charge on any atom is -0.376 e. The lowest BCUT2D eigenvalue weighted by Crippen LogP contribution is -2.32. The Balaban J connectivity index is 1.66. The van der Waals surface area contributed by atoms with E-state index in [1.807, 2.05) is 18.3 Å². The largest absolute Gasteiger partial charge is 0.376 e. The molecule has 5 nitrogen and oxygen atoms in total. The van der Waals surface area contributed by atoms with Gasteiger partial charge in [-0.3, -0.25) is 4.98 Å². The first-order chi connectivity index (χ1) is 13.3. The van der Waals surface area contributed by atoms with Crippen LogP contribution in [0.2, 0.25) is 0 Å². The van der Waals surface area contributed by atoms with Gasteiger partial charge in [0.05, 0.1) is 23.9 Å². The Hall–Kier alpha value is -1.92. The highest BCUT2D eigenvalue weighted by molar-refractivity contribution is 7.80. The van der Waals surface area contributed by atoms with Crippen LogP contribution in [0.15, 0.2) is 42.7 Å². The van der Waals surface area contributed by atoms with Gasteiger partial charge in [-0.1, -0.05) is 19.4 Å². The van der Waals surface area contributed by atoms with Crippen LogP contribution < -0.4 is 5.32 Å². The minimum absolute atomic E-state index is 0.0636. The summed E-state index contributed by atoms with van der Waals surface area (Å²) in [4.78, 5) is 6.97. The molecule has 0 radical (unpaired) electrons. The van der Waals surface area contributed by atoms with E-state index < -0.39 is 0 Å². The number of aromatic nitrogens is 2. The van der Waals surface area contributed by atoms with E-state index in [1.54, 1.807) is 0 Å². The molecule has 0 amide bonds. The molecule has 4 rings (SSSR count). The third kappa shape index (κ3) is 3.87. The second kappa shape index (κ2) is 8.40. The summed E-state index contributed by atoms with van der Waals surface area (Å²) in [5.74, 6) is 0. The van der Waals surface area contributed by atoms with Gasteiger partial charge < -0.3 is 19.5 Å². The minimum atomic E-state index is 0.0636. The van der Waals surface area contributed by atoms with Crippen LogP contribution in [0.5, 0.6) is 0 Å². The molecule has 3 atom stereocenters. The molecular weight excluding hydrogens is 356 g/mol. The van der Waals surface area contributed by atoms with Gasteiger partial charge in [-0.15, -0.1) is 0 Å². The predicted octanol–water partition coefficient (Wildman–Crippen LogP) is 3.83. The fourth-order valence-corrected chi connectivity index (χ4v) is 4.50. The van der Waals surface area contributed by atoms with Gasteiger partial charge in [0.25, 0.3) is 0 Å². The van der Waals surface area contributed by atoms with E-state index >= 15 is 0 Å². The van der Waals surface area contributed by atoms with Crippen LogP contribution in [-0.2, 0) is 11.3 Å². The summed E-state index contributed by atoms with van der Waals surface area (Å²) in [6.45, 7) is 4.97. The van der Waals surface area contributed by atoms with Gasteiger partial charge in [0.15, 0.2) is 5.11 Å². The van der Waals surface area contributed by atoms with Crippen molar-refractivity contribution in [1.82, 2.24) is 19.8 Å². The smallest absolute Gasteiger partial charge is 0.170 e. The number of nitrogens with zero attached hydrogens (tertiary/aromatic N) is 3. The Bertz CT molecular complexity index is 757. The zero-order valence-electron chi connectivity index (χ0n) is 15.9. The van der Waals surface area contributed by atoms with E-state index in [4.69, 9.17) is 17.0 Å². The van der Waals surface area contributed by atoms with Crippen molar-refractivity contribution < 1.29 is 4.74 Å². The van der Waals surface area contributed by atoms with Crippen LogP contribution in [0.3, 0.4) is 0 Å². The first kappa shape index (κ1) is 18.4. The highest BCUT2D eigenvalue weighted by Gasteiger charge is 2.40. The Labute approximate surface area is 166 Å². The summed E-state index contributed by atoms with van der Waals surface area (Å²) >= 11 is 5.72. The van der Waals surface area contributed by atoms with Crippen LogP contribution in [0.1, 0.15) is 56.1 Å². The van der Waals surface area contributed by atoms with Crippen molar-refractivity contribution in [3.8, 4) is 0 Å². The Morgan fingerprint density at radius 1 is 1.30 bits per heavy atom. The third-order valence-corrected chi connectivity index (χ3v) is 5.89. The Morgan fingerprint density at radius 2 is 2.22 bits per heavy atom. The van der Waals surface area contributed by atoms with E-state index in [2.05, 4.69) is 51.1 Å². The molecule has 27 heavy (non-hydrogen) atoms. The Morgan fingerprint density at radius 3 is 2.96 bits per heavy atom. The Kier molecular flexibility index (Phi) is 5.74. The number of ether oxygens (including phenoxy) is 1. The summed E-state index contributed by atoms with van der Waals surface area (Å²) in [5.41, 5.74) is 2.32. The molecule has 0 aromatic carbocycles. The average molecular weight is 385 g/mol. The number of pyridine rings is 1. The van der Waals surface area contributed by atoms with Crippen molar-refractivity contribution in [3.63, 3.8) is 0 Å². The second-order valence-corrected chi connectivity index (χ2v) is 7.78. The maximum atomic E-state index is 5.88. The predicted molar refractivity (Wildman–Crippen MR) is 110 cm³/mol. The van der Waals surface area contributed by atoms with E-state index in [9.17, 15) is 0 Å². The molecule has 2 aliphatic heterocycles. The van der Waals surface area contributed by atoms with Crippen LogP contribution in [0, 0.1) is 0 Å². The standard InChI is InChI=1S/C21H28N4OS/c1-2-3-13-25-20(19(23-21(25)27)17-9-4-5-11-22-17)18-10-6-12-24(18)15-16-8-7-14-26-16/h4-6,9-12,16,19-20H,2-3,7-8,13-15H2,1H3,(H,23,27)/t16-,19-,20+/m1/s1. The summed E-state index contributed by atoms with van der Waals surface area (Å²) in [6.07, 6.45) is 8.92. The molecule has 4 heterocycles. The molecule has 1 N–H and O–H groups in total. The third-order valence-electron chi connectivity index (χ3n) is 5.54. The van der Waals surface area contributed by atoms with E-state index in [-0.39, 0.29) is 12.1 Å². The van der Waals surface area contributed by atoms with Gasteiger partial charge in [-0.2, -0.15) is 0 Å². The van der Waals surface area contributed by atoms with E-state index in [1.165, 1.54) is 5.69 Å². The lowest BCUT2D eigenvalue weighted by molar-refractivity contribution is 0.0953. The van der Waals surface area contributed by atoms with E-state index in [0.29, 0.717) is 6.10 Å². The van der Waals surface area contributed by atoms with Gasteiger partial charge in [0, 0.05) is 37.8 Å². The average Bonchev–Trinajstić information content (AvgIpc) is 3.42. The molecule has 0 bridgehead atoms. The first-order valence-corrected chi connectivity index (χ1v) is 10.4. The van der Waals surface area contributed by atoms with Gasteiger partial charge in [-0.05, 0) is 55.7 Å². The summed E-state index contributed by atoms with van der Waals surface area (Å²) in [6, 6.07) is 10.7. The normalized spacial score (nSPS) is 25.1. The molecule has 2 aromatic rings. The fourth-order valence-electron chi connectivity index (χ4n) is 4.17. The van der Waals surface area contributed by atoms with E-state index in [0.717, 1.165) is 56.2 Å². The van der Waals surface area contributed by atoms with Crippen LogP contribution in [0.25, 0.3) is 0 Å². The summed E-state index contributed by atoms with van der Waals surface area (Å²) < 4.78 is 8.23. The van der Waals surface area contributed by atoms with Gasteiger partial charge in [0.2, 0.25) is 0 Å². The highest BCUT2D eigenvalue weighted by Crippen LogP contribution is 2.39. The molecule has 2 fully saturated rings. The molecule has 2 aromatic heterocycles. The molecule has 2 aliphatic rings. The summed E-state index contributed by atoms with van der Waals surface area (Å²) in [7, 11) is 0. The van der Waals surface area contributed by atoms with Crippen molar-refractivity contribution in [2.24, 2.45) is 0 Å². The van der Waals surface area contributed by atoms with Gasteiger partial charge in [-0.25, -0.2) is 0 Å². The topological polar surface area (TPSA) is 42.3 Å². The molecule has 0 unspecified atom stereocenters. The van der Waals surface area contributed by atoms with Crippen LogP contribution in [-0.4, -0.2) is 38.8 Å². The number of rotatable bonds is 7.